The summed E-state index contributed by atoms with van der Waals surface area (Å²) in [6.45, 7) is 0. The lowest BCUT2D eigenvalue weighted by Gasteiger charge is -2.11. The van der Waals surface area contributed by atoms with Crippen LogP contribution in [0.1, 0.15) is 0 Å². The third kappa shape index (κ3) is 4.87. The van der Waals surface area contributed by atoms with E-state index in [-0.39, 0.29) is 0 Å². The fourth-order valence-electron chi connectivity index (χ4n) is 6.90. The average Bonchev–Trinajstić information content (AvgIpc) is 3.76. The van der Waals surface area contributed by atoms with E-state index in [1.165, 1.54) is 25.9 Å². The van der Waals surface area contributed by atoms with Gasteiger partial charge in [0.25, 0.3) is 0 Å². The van der Waals surface area contributed by atoms with E-state index in [4.69, 9.17) is 19.4 Å². The molecule has 234 valence electrons. The lowest BCUT2D eigenvalue weighted by Crippen LogP contribution is -2.00. The standard InChI is InChI=1S/C45H27N3OS/c1-2-10-28(11-3-1)29-20-22-30(23-21-29)31-12-8-13-32(26-31)43-46-44(33-24-25-35-34-14-4-6-17-38(34)49-39(35)27-33)48-45(47-43)37-16-9-19-41-42(37)36-15-5-7-18-40(36)50-41/h1-27H. The van der Waals surface area contributed by atoms with Crippen LogP contribution in [-0.2, 0) is 0 Å². The number of nitrogens with zero attached hydrogens (tertiary/aromatic N) is 3. The van der Waals surface area contributed by atoms with Crippen LogP contribution < -0.4 is 0 Å². The number of hydrogen-bond donors (Lipinski definition) is 0. The molecule has 0 saturated carbocycles. The van der Waals surface area contributed by atoms with E-state index in [0.717, 1.165) is 55.1 Å². The zero-order valence-corrected chi connectivity index (χ0v) is 27.6. The van der Waals surface area contributed by atoms with Gasteiger partial charge in [0.05, 0.1) is 0 Å². The van der Waals surface area contributed by atoms with Crippen molar-refractivity contribution >= 4 is 53.4 Å². The minimum Gasteiger partial charge on any atom is -0.456 e. The number of hydrogen-bond acceptors (Lipinski definition) is 5. The van der Waals surface area contributed by atoms with E-state index in [1.54, 1.807) is 11.3 Å². The van der Waals surface area contributed by atoms with Crippen molar-refractivity contribution in [3.8, 4) is 56.4 Å². The molecule has 50 heavy (non-hydrogen) atoms. The van der Waals surface area contributed by atoms with E-state index in [1.807, 2.05) is 30.3 Å². The molecule has 5 heteroatoms. The van der Waals surface area contributed by atoms with E-state index in [2.05, 4.69) is 133 Å². The van der Waals surface area contributed by atoms with Gasteiger partial charge in [-0.2, -0.15) is 0 Å². The van der Waals surface area contributed by atoms with Gasteiger partial charge >= 0.3 is 0 Å². The maximum atomic E-state index is 6.27. The van der Waals surface area contributed by atoms with Gasteiger partial charge in [-0.15, -0.1) is 11.3 Å². The first-order valence-electron chi connectivity index (χ1n) is 16.6. The maximum Gasteiger partial charge on any atom is 0.164 e. The lowest BCUT2D eigenvalue weighted by molar-refractivity contribution is 0.669. The van der Waals surface area contributed by atoms with Crippen molar-refractivity contribution in [2.45, 2.75) is 0 Å². The summed E-state index contributed by atoms with van der Waals surface area (Å²) in [5.41, 5.74) is 9.07. The number of aromatic nitrogens is 3. The smallest absolute Gasteiger partial charge is 0.164 e. The average molecular weight is 658 g/mol. The first-order chi connectivity index (χ1) is 24.7. The molecule has 0 radical (unpaired) electrons. The Hall–Kier alpha value is -6.43. The Bertz CT molecular complexity index is 2870. The molecule has 0 saturated heterocycles. The summed E-state index contributed by atoms with van der Waals surface area (Å²) in [4.78, 5) is 15.5. The highest BCUT2D eigenvalue weighted by Gasteiger charge is 2.18. The largest absolute Gasteiger partial charge is 0.456 e. The molecule has 10 aromatic rings. The highest BCUT2D eigenvalue weighted by Crippen LogP contribution is 2.40. The molecule has 0 amide bonds. The molecule has 0 atom stereocenters. The number of rotatable bonds is 5. The third-order valence-electron chi connectivity index (χ3n) is 9.36. The van der Waals surface area contributed by atoms with Gasteiger partial charge in [0.15, 0.2) is 17.5 Å². The van der Waals surface area contributed by atoms with Crippen molar-refractivity contribution in [3.05, 3.63) is 164 Å². The Labute approximate surface area is 292 Å². The van der Waals surface area contributed by atoms with Gasteiger partial charge < -0.3 is 4.42 Å². The van der Waals surface area contributed by atoms with Gasteiger partial charge in [-0.3, -0.25) is 0 Å². The Morgan fingerprint density at radius 2 is 0.920 bits per heavy atom. The van der Waals surface area contributed by atoms with E-state index < -0.39 is 0 Å². The molecule has 10 rings (SSSR count). The van der Waals surface area contributed by atoms with Gasteiger partial charge in [-0.1, -0.05) is 127 Å². The topological polar surface area (TPSA) is 51.8 Å². The fraction of sp³-hybridized carbons (Fsp3) is 0. The quantitative estimate of drug-likeness (QED) is 0.185. The van der Waals surface area contributed by atoms with Crippen molar-refractivity contribution in [2.24, 2.45) is 0 Å². The van der Waals surface area contributed by atoms with Gasteiger partial charge in [-0.05, 0) is 58.7 Å². The summed E-state index contributed by atoms with van der Waals surface area (Å²) < 4.78 is 8.72. The van der Waals surface area contributed by atoms with Crippen LogP contribution in [-0.4, -0.2) is 15.0 Å². The van der Waals surface area contributed by atoms with E-state index >= 15 is 0 Å². The Balaban J connectivity index is 1.14. The zero-order valence-electron chi connectivity index (χ0n) is 26.7. The second-order valence-electron chi connectivity index (χ2n) is 12.4. The van der Waals surface area contributed by atoms with E-state index in [9.17, 15) is 0 Å². The summed E-state index contributed by atoms with van der Waals surface area (Å²) >= 11 is 1.79. The summed E-state index contributed by atoms with van der Waals surface area (Å²) in [5.74, 6) is 1.86. The lowest BCUT2D eigenvalue weighted by atomic mass is 9.99. The Morgan fingerprint density at radius 1 is 0.360 bits per heavy atom. The molecule has 0 fully saturated rings. The molecule has 4 nitrogen and oxygen atoms in total. The number of para-hydroxylation sites is 1. The predicted molar refractivity (Wildman–Crippen MR) is 207 cm³/mol. The summed E-state index contributed by atoms with van der Waals surface area (Å²) in [7, 11) is 0. The fourth-order valence-corrected chi connectivity index (χ4v) is 8.04. The molecular weight excluding hydrogens is 631 g/mol. The monoisotopic (exact) mass is 657 g/mol. The van der Waals surface area contributed by atoms with Crippen LogP contribution in [0.15, 0.2) is 168 Å². The molecule has 0 unspecified atom stereocenters. The predicted octanol–water partition coefficient (Wildman–Crippen LogP) is 12.5. The van der Waals surface area contributed by atoms with Crippen LogP contribution in [0.25, 0.3) is 98.5 Å². The summed E-state index contributed by atoms with van der Waals surface area (Å²) in [6, 6.07) is 56.9. The van der Waals surface area contributed by atoms with Gasteiger partial charge in [0, 0.05) is 47.6 Å². The zero-order chi connectivity index (χ0) is 33.0. The first kappa shape index (κ1) is 28.6. The Kier molecular flexibility index (Phi) is 6.64. The number of thiophene rings is 1. The molecule has 3 heterocycles. The molecule has 0 aliphatic carbocycles. The van der Waals surface area contributed by atoms with Crippen LogP contribution >= 0.6 is 11.3 Å². The molecule has 3 aromatic heterocycles. The third-order valence-corrected chi connectivity index (χ3v) is 10.5. The minimum atomic E-state index is 0.599. The molecule has 0 bridgehead atoms. The van der Waals surface area contributed by atoms with Crippen LogP contribution in [0.4, 0.5) is 0 Å². The second kappa shape index (κ2) is 11.6. The summed E-state index contributed by atoms with van der Waals surface area (Å²) in [6.07, 6.45) is 0. The number of fused-ring (bicyclic) bond motifs is 6. The van der Waals surface area contributed by atoms with Gasteiger partial charge in [-0.25, -0.2) is 15.0 Å². The molecule has 0 spiro atoms. The molecule has 7 aromatic carbocycles. The van der Waals surface area contributed by atoms with Crippen LogP contribution in [0.5, 0.6) is 0 Å². The van der Waals surface area contributed by atoms with Crippen molar-refractivity contribution in [3.63, 3.8) is 0 Å². The number of benzene rings is 7. The van der Waals surface area contributed by atoms with Crippen molar-refractivity contribution in [2.75, 3.05) is 0 Å². The van der Waals surface area contributed by atoms with E-state index in [0.29, 0.717) is 17.5 Å². The first-order valence-corrected chi connectivity index (χ1v) is 17.4. The molecule has 0 N–H and O–H groups in total. The highest BCUT2D eigenvalue weighted by atomic mass is 32.1. The minimum absolute atomic E-state index is 0.599. The van der Waals surface area contributed by atoms with Crippen molar-refractivity contribution in [1.82, 2.24) is 15.0 Å². The van der Waals surface area contributed by atoms with Crippen molar-refractivity contribution in [1.29, 1.82) is 0 Å². The molecule has 0 aliphatic rings. The normalized spacial score (nSPS) is 11.6. The van der Waals surface area contributed by atoms with Crippen LogP contribution in [0.2, 0.25) is 0 Å². The van der Waals surface area contributed by atoms with Gasteiger partial charge in [0.2, 0.25) is 0 Å². The highest BCUT2D eigenvalue weighted by molar-refractivity contribution is 7.25. The SMILES string of the molecule is c1ccc(-c2ccc(-c3cccc(-c4nc(-c5ccc6c(c5)oc5ccccc56)nc(-c5cccc6sc7ccccc7c56)n4)c3)cc2)cc1. The number of furan rings is 1. The van der Waals surface area contributed by atoms with Gasteiger partial charge in [0.1, 0.15) is 11.2 Å². The molecular formula is C45H27N3OS. The van der Waals surface area contributed by atoms with Crippen molar-refractivity contribution < 1.29 is 4.42 Å². The maximum absolute atomic E-state index is 6.27. The summed E-state index contributed by atoms with van der Waals surface area (Å²) in [5, 5.41) is 4.53. The second-order valence-corrected chi connectivity index (χ2v) is 13.5. The molecule has 0 aliphatic heterocycles. The van der Waals surface area contributed by atoms with Crippen LogP contribution in [0, 0.1) is 0 Å². The van der Waals surface area contributed by atoms with Crippen LogP contribution in [0.3, 0.4) is 0 Å². The Morgan fingerprint density at radius 3 is 1.76 bits per heavy atom.